The molecule has 0 N–H and O–H groups in total. The number of aryl methyl sites for hydroxylation is 2. The minimum absolute atomic E-state index is 0.391. The van der Waals surface area contributed by atoms with Gasteiger partial charge in [-0.25, -0.2) is 0 Å². The van der Waals surface area contributed by atoms with Gasteiger partial charge in [0.1, 0.15) is 0 Å². The van der Waals surface area contributed by atoms with E-state index in [0.29, 0.717) is 11.4 Å². The van der Waals surface area contributed by atoms with Crippen molar-refractivity contribution in [3.63, 3.8) is 0 Å². The van der Waals surface area contributed by atoms with Crippen molar-refractivity contribution < 1.29 is 13.2 Å². The summed E-state index contributed by atoms with van der Waals surface area (Å²) in [6.45, 7) is 7.09. The molecule has 0 spiro atoms. The number of hydrogen-bond acceptors (Lipinski definition) is 1. The third-order valence-corrected chi connectivity index (χ3v) is 1.41. The first kappa shape index (κ1) is 12.9. The van der Waals surface area contributed by atoms with Crippen molar-refractivity contribution in [2.45, 2.75) is 33.9 Å². The molecular formula is C10H14F3N. The van der Waals surface area contributed by atoms with Gasteiger partial charge in [0.25, 0.3) is 0 Å². The number of rotatable bonds is 0. The highest BCUT2D eigenvalue weighted by Crippen LogP contribution is 2.29. The maximum Gasteiger partial charge on any atom is 0.416 e. The smallest absolute Gasteiger partial charge is 0.258 e. The summed E-state index contributed by atoms with van der Waals surface area (Å²) in [5.74, 6) is 0. The maximum atomic E-state index is 12.1. The molecule has 0 aliphatic rings. The first-order chi connectivity index (χ1) is 6.39. The largest absolute Gasteiger partial charge is 0.416 e. The summed E-state index contributed by atoms with van der Waals surface area (Å²) < 4.78 is 36.4. The monoisotopic (exact) mass is 205 g/mol. The van der Waals surface area contributed by atoms with Gasteiger partial charge in [0.05, 0.1) is 5.56 Å². The first-order valence-electron chi connectivity index (χ1n) is 4.42. The maximum absolute atomic E-state index is 12.1. The molecule has 1 aromatic heterocycles. The van der Waals surface area contributed by atoms with Crippen LogP contribution in [0.15, 0.2) is 12.1 Å². The zero-order chi connectivity index (χ0) is 11.4. The van der Waals surface area contributed by atoms with Crippen LogP contribution in [0.2, 0.25) is 0 Å². The van der Waals surface area contributed by atoms with Crippen LogP contribution in [-0.4, -0.2) is 4.98 Å². The topological polar surface area (TPSA) is 12.9 Å². The van der Waals surface area contributed by atoms with E-state index in [1.54, 1.807) is 13.8 Å². The van der Waals surface area contributed by atoms with Gasteiger partial charge in [0.15, 0.2) is 0 Å². The number of halogens is 3. The molecule has 1 nitrogen and oxygen atoms in total. The predicted octanol–water partition coefficient (Wildman–Crippen LogP) is 3.74. The summed E-state index contributed by atoms with van der Waals surface area (Å²) in [5.41, 5.74) is 0.150. The second-order valence-corrected chi connectivity index (χ2v) is 2.64. The molecule has 0 unspecified atom stereocenters. The highest BCUT2D eigenvalue weighted by atomic mass is 19.4. The van der Waals surface area contributed by atoms with Gasteiger partial charge in [0.2, 0.25) is 0 Å². The Morgan fingerprint density at radius 1 is 1.00 bits per heavy atom. The standard InChI is InChI=1S/C8H8F3N.C2H6/c1-5-3-7(8(9,10)11)4-6(2)12-5;1-2/h3-4H,1-2H3;1-2H3. The van der Waals surface area contributed by atoms with Crippen molar-refractivity contribution in [3.8, 4) is 0 Å². The summed E-state index contributed by atoms with van der Waals surface area (Å²) in [7, 11) is 0. The fourth-order valence-corrected chi connectivity index (χ4v) is 0.998. The van der Waals surface area contributed by atoms with Gasteiger partial charge in [-0.3, -0.25) is 4.98 Å². The SMILES string of the molecule is CC.Cc1cc(C(F)(F)F)cc(C)n1. The number of aromatic nitrogens is 1. The molecule has 0 aromatic carbocycles. The average molecular weight is 205 g/mol. The van der Waals surface area contributed by atoms with Gasteiger partial charge in [-0.2, -0.15) is 13.2 Å². The Labute approximate surface area is 82.0 Å². The Morgan fingerprint density at radius 2 is 1.36 bits per heavy atom. The molecule has 1 aromatic rings. The van der Waals surface area contributed by atoms with Crippen LogP contribution in [0.3, 0.4) is 0 Å². The lowest BCUT2D eigenvalue weighted by atomic mass is 10.2. The molecule has 0 aliphatic heterocycles. The van der Waals surface area contributed by atoms with Crippen molar-refractivity contribution in [2.75, 3.05) is 0 Å². The molecule has 0 bridgehead atoms. The predicted molar refractivity (Wildman–Crippen MR) is 50.1 cm³/mol. The summed E-state index contributed by atoms with van der Waals surface area (Å²) in [6.07, 6.45) is -4.27. The third kappa shape index (κ3) is 3.77. The van der Waals surface area contributed by atoms with Gasteiger partial charge >= 0.3 is 6.18 Å². The third-order valence-electron chi connectivity index (χ3n) is 1.41. The average Bonchev–Trinajstić information content (AvgIpc) is 2.04. The van der Waals surface area contributed by atoms with E-state index >= 15 is 0 Å². The van der Waals surface area contributed by atoms with E-state index in [1.165, 1.54) is 0 Å². The quantitative estimate of drug-likeness (QED) is 0.628. The molecule has 0 aliphatic carbocycles. The second-order valence-electron chi connectivity index (χ2n) is 2.64. The highest BCUT2D eigenvalue weighted by molar-refractivity contribution is 5.22. The first-order valence-corrected chi connectivity index (χ1v) is 4.42. The lowest BCUT2D eigenvalue weighted by Gasteiger charge is -2.07. The van der Waals surface area contributed by atoms with E-state index in [1.807, 2.05) is 13.8 Å². The van der Waals surface area contributed by atoms with Crippen molar-refractivity contribution in [2.24, 2.45) is 0 Å². The second kappa shape index (κ2) is 4.98. The fraction of sp³-hybridized carbons (Fsp3) is 0.500. The molecular weight excluding hydrogens is 191 g/mol. The van der Waals surface area contributed by atoms with Crippen LogP contribution in [-0.2, 0) is 6.18 Å². The Bertz CT molecular complexity index is 272. The Hall–Kier alpha value is -1.06. The van der Waals surface area contributed by atoms with E-state index in [0.717, 1.165) is 12.1 Å². The number of nitrogens with zero attached hydrogens (tertiary/aromatic N) is 1. The summed E-state index contributed by atoms with van der Waals surface area (Å²) in [5, 5.41) is 0. The van der Waals surface area contributed by atoms with Crippen molar-refractivity contribution in [3.05, 3.63) is 29.1 Å². The van der Waals surface area contributed by atoms with Gasteiger partial charge in [0, 0.05) is 11.4 Å². The van der Waals surface area contributed by atoms with Gasteiger partial charge in [-0.05, 0) is 26.0 Å². The molecule has 1 heterocycles. The zero-order valence-corrected chi connectivity index (χ0v) is 8.74. The Morgan fingerprint density at radius 3 is 1.64 bits per heavy atom. The lowest BCUT2D eigenvalue weighted by molar-refractivity contribution is -0.137. The summed E-state index contributed by atoms with van der Waals surface area (Å²) >= 11 is 0. The van der Waals surface area contributed by atoms with Crippen LogP contribution in [0.25, 0.3) is 0 Å². The van der Waals surface area contributed by atoms with Crippen molar-refractivity contribution in [1.29, 1.82) is 0 Å². The van der Waals surface area contributed by atoms with Gasteiger partial charge < -0.3 is 0 Å². The highest BCUT2D eigenvalue weighted by Gasteiger charge is 2.30. The lowest BCUT2D eigenvalue weighted by Crippen LogP contribution is -2.06. The fourth-order valence-electron chi connectivity index (χ4n) is 0.998. The van der Waals surface area contributed by atoms with Crippen molar-refractivity contribution in [1.82, 2.24) is 4.98 Å². The molecule has 0 amide bonds. The van der Waals surface area contributed by atoms with Gasteiger partial charge in [-0.1, -0.05) is 13.8 Å². The molecule has 0 radical (unpaired) electrons. The zero-order valence-electron chi connectivity index (χ0n) is 8.74. The van der Waals surface area contributed by atoms with Crippen molar-refractivity contribution >= 4 is 0 Å². The van der Waals surface area contributed by atoms with Crippen LogP contribution < -0.4 is 0 Å². The van der Waals surface area contributed by atoms with Crippen LogP contribution in [0, 0.1) is 13.8 Å². The van der Waals surface area contributed by atoms with Crippen LogP contribution in [0.4, 0.5) is 13.2 Å². The van der Waals surface area contributed by atoms with Crippen LogP contribution in [0.5, 0.6) is 0 Å². The van der Waals surface area contributed by atoms with E-state index in [4.69, 9.17) is 0 Å². The number of hydrogen-bond donors (Lipinski definition) is 0. The molecule has 80 valence electrons. The molecule has 0 fully saturated rings. The van der Waals surface area contributed by atoms with E-state index in [2.05, 4.69) is 4.98 Å². The van der Waals surface area contributed by atoms with Gasteiger partial charge in [-0.15, -0.1) is 0 Å². The molecule has 1 rings (SSSR count). The summed E-state index contributed by atoms with van der Waals surface area (Å²) in [6, 6.07) is 2.07. The minimum Gasteiger partial charge on any atom is -0.258 e. The number of pyridine rings is 1. The van der Waals surface area contributed by atoms with Crippen LogP contribution in [0.1, 0.15) is 30.8 Å². The molecule has 0 saturated heterocycles. The normalized spacial score (nSPS) is 10.5. The van der Waals surface area contributed by atoms with E-state index in [9.17, 15) is 13.2 Å². The molecule has 4 heteroatoms. The minimum atomic E-state index is -4.27. The Kier molecular flexibility index (Phi) is 4.60. The van der Waals surface area contributed by atoms with E-state index < -0.39 is 11.7 Å². The Balaban J connectivity index is 0.000000791. The summed E-state index contributed by atoms with van der Waals surface area (Å²) in [4.78, 5) is 3.85. The molecule has 0 atom stereocenters. The van der Waals surface area contributed by atoms with E-state index in [-0.39, 0.29) is 0 Å². The molecule has 14 heavy (non-hydrogen) atoms. The number of alkyl halides is 3. The molecule has 0 saturated carbocycles. The van der Waals surface area contributed by atoms with Crippen LogP contribution >= 0.6 is 0 Å².